The van der Waals surface area contributed by atoms with Gasteiger partial charge < -0.3 is 14.2 Å². The summed E-state index contributed by atoms with van der Waals surface area (Å²) in [6.07, 6.45) is 9.10. The van der Waals surface area contributed by atoms with Gasteiger partial charge in [-0.2, -0.15) is 0 Å². The lowest BCUT2D eigenvalue weighted by Gasteiger charge is -2.07. The highest BCUT2D eigenvalue weighted by molar-refractivity contribution is 5.65. The number of allylic oxidation sites excluding steroid dienone is 1. The molecule has 0 aliphatic rings. The first-order valence-corrected chi connectivity index (χ1v) is 6.06. The fourth-order valence-corrected chi connectivity index (χ4v) is 1.39. The largest absolute Gasteiger partial charge is 0.466 e. The molecule has 100 valence electrons. The smallest absolute Gasteiger partial charge is 0.302 e. The summed E-state index contributed by atoms with van der Waals surface area (Å²) in [7, 11) is 3.24. The highest BCUT2D eigenvalue weighted by atomic mass is 16.7. The maximum atomic E-state index is 10.5. The van der Waals surface area contributed by atoms with Crippen LogP contribution in [0.2, 0.25) is 0 Å². The van der Waals surface area contributed by atoms with Crippen molar-refractivity contribution in [2.24, 2.45) is 0 Å². The van der Waals surface area contributed by atoms with Crippen molar-refractivity contribution in [1.82, 2.24) is 0 Å². The Balaban J connectivity index is 3.25. The van der Waals surface area contributed by atoms with Crippen molar-refractivity contribution >= 4 is 5.97 Å². The molecule has 17 heavy (non-hydrogen) atoms. The molecule has 4 heteroatoms. The first kappa shape index (κ1) is 16.1. The summed E-state index contributed by atoms with van der Waals surface area (Å²) in [6, 6.07) is 0. The van der Waals surface area contributed by atoms with Crippen LogP contribution in [0.3, 0.4) is 0 Å². The fraction of sp³-hybridized carbons (Fsp3) is 0.769. The van der Waals surface area contributed by atoms with Gasteiger partial charge in [-0.25, -0.2) is 0 Å². The number of ether oxygens (including phenoxy) is 3. The van der Waals surface area contributed by atoms with Crippen molar-refractivity contribution in [2.75, 3.05) is 20.8 Å². The van der Waals surface area contributed by atoms with E-state index in [2.05, 4.69) is 6.08 Å². The normalized spacial score (nSPS) is 11.3. The standard InChI is InChI=1S/C13H24O4/c1-12(14)17-11-9-7-5-4-6-8-10-13(15-2)16-3/h8,10,13H,4-7,9,11H2,1-3H3. The average Bonchev–Trinajstić information content (AvgIpc) is 2.31. The molecular formula is C13H24O4. The molecule has 0 heterocycles. The molecule has 0 aliphatic carbocycles. The summed E-state index contributed by atoms with van der Waals surface area (Å²) in [5.74, 6) is -0.196. The summed E-state index contributed by atoms with van der Waals surface area (Å²) in [4.78, 5) is 10.5. The van der Waals surface area contributed by atoms with Crippen molar-refractivity contribution in [1.29, 1.82) is 0 Å². The van der Waals surface area contributed by atoms with Gasteiger partial charge in [-0.05, 0) is 25.3 Å². The number of esters is 1. The predicted octanol–water partition coefficient (Wildman–Crippen LogP) is 2.68. The van der Waals surface area contributed by atoms with Crippen LogP contribution >= 0.6 is 0 Å². The van der Waals surface area contributed by atoms with Crippen molar-refractivity contribution in [2.45, 2.75) is 45.3 Å². The zero-order valence-corrected chi connectivity index (χ0v) is 11.1. The highest BCUT2D eigenvalue weighted by Gasteiger charge is 1.96. The van der Waals surface area contributed by atoms with Crippen LogP contribution in [0.1, 0.15) is 39.0 Å². The molecule has 0 N–H and O–H groups in total. The van der Waals surface area contributed by atoms with E-state index in [4.69, 9.17) is 14.2 Å². The summed E-state index contributed by atoms with van der Waals surface area (Å²) >= 11 is 0. The Morgan fingerprint density at radius 1 is 1.12 bits per heavy atom. The van der Waals surface area contributed by atoms with Gasteiger partial charge in [0.2, 0.25) is 0 Å². The monoisotopic (exact) mass is 244 g/mol. The third-order valence-electron chi connectivity index (χ3n) is 2.33. The summed E-state index contributed by atoms with van der Waals surface area (Å²) < 4.78 is 14.9. The quantitative estimate of drug-likeness (QED) is 0.256. The molecule has 0 aromatic rings. The molecule has 0 aliphatic heterocycles. The number of methoxy groups -OCH3 is 2. The number of unbranched alkanes of at least 4 members (excludes halogenated alkanes) is 4. The minimum absolute atomic E-state index is 0.196. The van der Waals surface area contributed by atoms with E-state index in [0.717, 1.165) is 32.1 Å². The van der Waals surface area contributed by atoms with E-state index in [0.29, 0.717) is 6.61 Å². The van der Waals surface area contributed by atoms with Crippen LogP contribution in [0.15, 0.2) is 12.2 Å². The Morgan fingerprint density at radius 3 is 2.35 bits per heavy atom. The van der Waals surface area contributed by atoms with Crippen molar-refractivity contribution in [3.05, 3.63) is 12.2 Å². The Bertz CT molecular complexity index is 209. The second-order valence-corrected chi connectivity index (χ2v) is 3.81. The average molecular weight is 244 g/mol. The first-order chi connectivity index (χ1) is 8.20. The predicted molar refractivity (Wildman–Crippen MR) is 66.7 cm³/mol. The van der Waals surface area contributed by atoms with Gasteiger partial charge in [0.25, 0.3) is 0 Å². The van der Waals surface area contributed by atoms with E-state index < -0.39 is 0 Å². The number of carbonyl (C=O) groups is 1. The zero-order chi connectivity index (χ0) is 12.9. The van der Waals surface area contributed by atoms with E-state index in [-0.39, 0.29) is 12.3 Å². The van der Waals surface area contributed by atoms with E-state index in [9.17, 15) is 4.79 Å². The van der Waals surface area contributed by atoms with Gasteiger partial charge in [0, 0.05) is 21.1 Å². The van der Waals surface area contributed by atoms with E-state index in [1.807, 2.05) is 6.08 Å². The molecular weight excluding hydrogens is 220 g/mol. The van der Waals surface area contributed by atoms with Gasteiger partial charge in [-0.15, -0.1) is 0 Å². The molecule has 0 bridgehead atoms. The van der Waals surface area contributed by atoms with Gasteiger partial charge in [-0.3, -0.25) is 4.79 Å². The van der Waals surface area contributed by atoms with Crippen LogP contribution in [0.5, 0.6) is 0 Å². The lowest BCUT2D eigenvalue weighted by Crippen LogP contribution is -2.08. The van der Waals surface area contributed by atoms with E-state index in [1.54, 1.807) is 14.2 Å². The van der Waals surface area contributed by atoms with E-state index in [1.165, 1.54) is 6.92 Å². The maximum absolute atomic E-state index is 10.5. The molecule has 0 rings (SSSR count). The minimum Gasteiger partial charge on any atom is -0.466 e. The molecule has 0 unspecified atom stereocenters. The second kappa shape index (κ2) is 11.6. The molecule has 0 atom stereocenters. The van der Waals surface area contributed by atoms with Crippen LogP contribution < -0.4 is 0 Å². The first-order valence-electron chi connectivity index (χ1n) is 6.06. The van der Waals surface area contributed by atoms with Crippen LogP contribution in [0.4, 0.5) is 0 Å². The zero-order valence-electron chi connectivity index (χ0n) is 11.1. The number of hydrogen-bond donors (Lipinski definition) is 0. The van der Waals surface area contributed by atoms with Crippen LogP contribution in [-0.2, 0) is 19.0 Å². The molecule has 0 radical (unpaired) electrons. The third kappa shape index (κ3) is 11.4. The summed E-state index contributed by atoms with van der Waals surface area (Å²) in [6.45, 7) is 1.98. The van der Waals surface area contributed by atoms with Crippen molar-refractivity contribution in [3.63, 3.8) is 0 Å². The van der Waals surface area contributed by atoms with Crippen molar-refractivity contribution < 1.29 is 19.0 Å². The molecule has 0 saturated heterocycles. The number of rotatable bonds is 10. The molecule has 0 aromatic heterocycles. The topological polar surface area (TPSA) is 44.8 Å². The van der Waals surface area contributed by atoms with Gasteiger partial charge in [-0.1, -0.05) is 18.9 Å². The number of hydrogen-bond acceptors (Lipinski definition) is 4. The molecule has 0 saturated carbocycles. The van der Waals surface area contributed by atoms with E-state index >= 15 is 0 Å². The highest BCUT2D eigenvalue weighted by Crippen LogP contribution is 2.05. The summed E-state index contributed by atoms with van der Waals surface area (Å²) in [5.41, 5.74) is 0. The Morgan fingerprint density at radius 2 is 1.76 bits per heavy atom. The van der Waals surface area contributed by atoms with Gasteiger partial charge in [0.1, 0.15) is 0 Å². The Hall–Kier alpha value is -0.870. The molecule has 0 amide bonds. The SMILES string of the molecule is COC(C=CCCCCCCOC(C)=O)OC. The lowest BCUT2D eigenvalue weighted by atomic mass is 10.1. The molecule has 0 aromatic carbocycles. The van der Waals surface area contributed by atoms with Crippen molar-refractivity contribution in [3.8, 4) is 0 Å². The van der Waals surface area contributed by atoms with Gasteiger partial charge in [0.15, 0.2) is 6.29 Å². The Kier molecular flexibility index (Phi) is 11.0. The lowest BCUT2D eigenvalue weighted by molar-refractivity contribution is -0.141. The Labute approximate surface area is 104 Å². The van der Waals surface area contributed by atoms with Crippen LogP contribution in [-0.4, -0.2) is 33.1 Å². The minimum atomic E-state index is -0.237. The van der Waals surface area contributed by atoms with Crippen LogP contribution in [0.25, 0.3) is 0 Å². The molecule has 4 nitrogen and oxygen atoms in total. The molecule has 0 fully saturated rings. The fourth-order valence-electron chi connectivity index (χ4n) is 1.39. The van der Waals surface area contributed by atoms with Gasteiger partial charge in [0.05, 0.1) is 6.61 Å². The van der Waals surface area contributed by atoms with Gasteiger partial charge >= 0.3 is 5.97 Å². The molecule has 0 spiro atoms. The maximum Gasteiger partial charge on any atom is 0.302 e. The number of carbonyl (C=O) groups excluding carboxylic acids is 1. The second-order valence-electron chi connectivity index (χ2n) is 3.81. The van der Waals surface area contributed by atoms with Crippen LogP contribution in [0, 0.1) is 0 Å². The third-order valence-corrected chi connectivity index (χ3v) is 2.33. The summed E-state index contributed by atoms with van der Waals surface area (Å²) in [5, 5.41) is 0.